The lowest BCUT2D eigenvalue weighted by Gasteiger charge is -2.12. The van der Waals surface area contributed by atoms with Gasteiger partial charge in [-0.3, -0.25) is 0 Å². The summed E-state index contributed by atoms with van der Waals surface area (Å²) in [5, 5.41) is 6.12. The Kier molecular flexibility index (Phi) is 5.01. The first-order valence-corrected chi connectivity index (χ1v) is 8.36. The minimum Gasteiger partial charge on any atom is -0.491 e. The molecule has 0 saturated carbocycles. The number of benzene rings is 1. The molecule has 1 aromatic carbocycles. The fourth-order valence-corrected chi connectivity index (χ4v) is 3.31. The molecule has 1 N–H and O–H groups in total. The van der Waals surface area contributed by atoms with Crippen LogP contribution in [0, 0.1) is 0 Å². The molecule has 1 aromatic heterocycles. The highest BCUT2D eigenvalue weighted by atomic mass is 35.5. The van der Waals surface area contributed by atoms with Crippen LogP contribution in [0.15, 0.2) is 35.7 Å². The van der Waals surface area contributed by atoms with E-state index in [1.807, 2.05) is 35.7 Å². The zero-order chi connectivity index (χ0) is 14.5. The SMILES string of the molecule is Clc1csc(CNc2cccc(OCC3CCCO3)c2)c1. The standard InChI is InChI=1S/C16H18ClNO2S/c17-12-7-16(21-11-12)9-18-13-3-1-4-14(8-13)20-10-15-5-2-6-19-15/h1,3-4,7-8,11,15,18H,2,5-6,9-10H2. The predicted octanol–water partition coefficient (Wildman–Crippen LogP) is 4.57. The summed E-state index contributed by atoms with van der Waals surface area (Å²) in [4.78, 5) is 1.21. The number of halogens is 1. The van der Waals surface area contributed by atoms with Crippen molar-refractivity contribution in [2.24, 2.45) is 0 Å². The van der Waals surface area contributed by atoms with Crippen LogP contribution in [-0.4, -0.2) is 19.3 Å². The Morgan fingerprint density at radius 1 is 1.38 bits per heavy atom. The number of thiophene rings is 1. The largest absolute Gasteiger partial charge is 0.491 e. The molecule has 0 aliphatic carbocycles. The minimum absolute atomic E-state index is 0.245. The molecule has 3 nitrogen and oxygen atoms in total. The maximum absolute atomic E-state index is 5.92. The molecule has 3 rings (SSSR count). The van der Waals surface area contributed by atoms with Gasteiger partial charge < -0.3 is 14.8 Å². The summed E-state index contributed by atoms with van der Waals surface area (Å²) in [5.41, 5.74) is 1.05. The van der Waals surface area contributed by atoms with Crippen molar-refractivity contribution in [1.82, 2.24) is 0 Å². The van der Waals surface area contributed by atoms with Gasteiger partial charge in [0.05, 0.1) is 11.1 Å². The van der Waals surface area contributed by atoms with Gasteiger partial charge in [-0.1, -0.05) is 17.7 Å². The quantitative estimate of drug-likeness (QED) is 0.844. The Morgan fingerprint density at radius 2 is 2.33 bits per heavy atom. The lowest BCUT2D eigenvalue weighted by atomic mass is 10.2. The van der Waals surface area contributed by atoms with Crippen LogP contribution in [0.2, 0.25) is 5.02 Å². The van der Waals surface area contributed by atoms with Gasteiger partial charge in [0.25, 0.3) is 0 Å². The van der Waals surface area contributed by atoms with Crippen LogP contribution >= 0.6 is 22.9 Å². The number of hydrogen-bond donors (Lipinski definition) is 1. The van der Waals surface area contributed by atoms with Gasteiger partial charge in [-0.25, -0.2) is 0 Å². The monoisotopic (exact) mass is 323 g/mol. The highest BCUT2D eigenvalue weighted by Crippen LogP contribution is 2.23. The Hall–Kier alpha value is -1.23. The Morgan fingerprint density at radius 3 is 3.10 bits per heavy atom. The highest BCUT2D eigenvalue weighted by Gasteiger charge is 2.15. The molecular formula is C16H18ClNO2S. The van der Waals surface area contributed by atoms with Crippen molar-refractivity contribution in [1.29, 1.82) is 0 Å². The summed E-state index contributed by atoms with van der Waals surface area (Å²) in [6.07, 6.45) is 2.48. The van der Waals surface area contributed by atoms with E-state index in [0.717, 1.165) is 42.5 Å². The molecule has 1 atom stereocenters. The zero-order valence-corrected chi connectivity index (χ0v) is 13.3. The second kappa shape index (κ2) is 7.16. The smallest absolute Gasteiger partial charge is 0.121 e. The maximum atomic E-state index is 5.92. The average Bonchev–Trinajstić information content (AvgIpc) is 3.15. The third-order valence-corrected chi connectivity index (χ3v) is 4.67. The first-order chi connectivity index (χ1) is 10.3. The van der Waals surface area contributed by atoms with Crippen LogP contribution in [0.5, 0.6) is 5.75 Å². The van der Waals surface area contributed by atoms with E-state index >= 15 is 0 Å². The van der Waals surface area contributed by atoms with E-state index in [9.17, 15) is 0 Å². The normalized spacial score (nSPS) is 17.9. The highest BCUT2D eigenvalue weighted by molar-refractivity contribution is 7.10. The first-order valence-electron chi connectivity index (χ1n) is 7.11. The first kappa shape index (κ1) is 14.7. The van der Waals surface area contributed by atoms with Crippen molar-refractivity contribution in [3.8, 4) is 5.75 Å². The molecule has 0 radical (unpaired) electrons. The van der Waals surface area contributed by atoms with Crippen molar-refractivity contribution in [3.05, 3.63) is 45.6 Å². The van der Waals surface area contributed by atoms with E-state index in [1.165, 1.54) is 4.88 Å². The van der Waals surface area contributed by atoms with Gasteiger partial charge in [-0.15, -0.1) is 11.3 Å². The van der Waals surface area contributed by atoms with E-state index in [1.54, 1.807) is 11.3 Å². The summed E-state index contributed by atoms with van der Waals surface area (Å²) in [6.45, 7) is 2.26. The van der Waals surface area contributed by atoms with Gasteiger partial charge in [0.1, 0.15) is 12.4 Å². The van der Waals surface area contributed by atoms with Gasteiger partial charge >= 0.3 is 0 Å². The molecule has 1 fully saturated rings. The summed E-state index contributed by atoms with van der Waals surface area (Å²) in [5.74, 6) is 0.875. The Bertz CT molecular complexity index is 581. The third-order valence-electron chi connectivity index (χ3n) is 3.38. The van der Waals surface area contributed by atoms with Gasteiger partial charge in [0.15, 0.2) is 0 Å². The van der Waals surface area contributed by atoms with Crippen LogP contribution < -0.4 is 10.1 Å². The minimum atomic E-state index is 0.245. The molecule has 5 heteroatoms. The second-order valence-electron chi connectivity index (χ2n) is 5.06. The molecular weight excluding hydrogens is 306 g/mol. The number of rotatable bonds is 6. The van der Waals surface area contributed by atoms with Gasteiger partial charge in [-0.2, -0.15) is 0 Å². The average molecular weight is 324 g/mol. The summed E-state index contributed by atoms with van der Waals surface area (Å²) >= 11 is 7.58. The number of nitrogens with one attached hydrogen (secondary N) is 1. The molecule has 0 bridgehead atoms. The molecule has 21 heavy (non-hydrogen) atoms. The Labute approximate surface area is 133 Å². The molecule has 1 aliphatic heterocycles. The number of ether oxygens (including phenoxy) is 2. The van der Waals surface area contributed by atoms with Crippen LogP contribution in [-0.2, 0) is 11.3 Å². The fraction of sp³-hybridized carbons (Fsp3) is 0.375. The zero-order valence-electron chi connectivity index (χ0n) is 11.7. The molecule has 2 heterocycles. The van der Waals surface area contributed by atoms with Crippen LogP contribution in [0.4, 0.5) is 5.69 Å². The van der Waals surface area contributed by atoms with Crippen molar-refractivity contribution in [2.45, 2.75) is 25.5 Å². The van der Waals surface area contributed by atoms with Gasteiger partial charge in [0, 0.05) is 35.2 Å². The van der Waals surface area contributed by atoms with E-state index in [2.05, 4.69) is 5.32 Å². The van der Waals surface area contributed by atoms with Crippen molar-refractivity contribution < 1.29 is 9.47 Å². The summed E-state index contributed by atoms with van der Waals surface area (Å²) in [6, 6.07) is 10.0. The van der Waals surface area contributed by atoms with E-state index in [-0.39, 0.29) is 6.10 Å². The Balaban J connectivity index is 1.52. The van der Waals surface area contributed by atoms with Crippen molar-refractivity contribution >= 4 is 28.6 Å². The summed E-state index contributed by atoms with van der Waals surface area (Å²) < 4.78 is 11.4. The van der Waals surface area contributed by atoms with Crippen molar-refractivity contribution in [2.75, 3.05) is 18.5 Å². The third kappa shape index (κ3) is 4.37. The fourth-order valence-electron chi connectivity index (χ4n) is 2.30. The molecule has 0 amide bonds. The lowest BCUT2D eigenvalue weighted by molar-refractivity contribution is 0.0680. The molecule has 1 saturated heterocycles. The molecule has 0 spiro atoms. The van der Waals surface area contributed by atoms with Crippen LogP contribution in [0.1, 0.15) is 17.7 Å². The molecule has 112 valence electrons. The van der Waals surface area contributed by atoms with Gasteiger partial charge in [0.2, 0.25) is 0 Å². The predicted molar refractivity (Wildman–Crippen MR) is 87.6 cm³/mol. The summed E-state index contributed by atoms with van der Waals surface area (Å²) in [7, 11) is 0. The van der Waals surface area contributed by atoms with Crippen molar-refractivity contribution in [3.63, 3.8) is 0 Å². The van der Waals surface area contributed by atoms with E-state index in [4.69, 9.17) is 21.1 Å². The van der Waals surface area contributed by atoms with E-state index in [0.29, 0.717) is 6.61 Å². The number of hydrogen-bond acceptors (Lipinski definition) is 4. The second-order valence-corrected chi connectivity index (χ2v) is 6.49. The lowest BCUT2D eigenvalue weighted by Crippen LogP contribution is -2.16. The molecule has 1 unspecified atom stereocenters. The van der Waals surface area contributed by atoms with Crippen LogP contribution in [0.3, 0.4) is 0 Å². The topological polar surface area (TPSA) is 30.5 Å². The van der Waals surface area contributed by atoms with Gasteiger partial charge in [-0.05, 0) is 31.0 Å². The molecule has 1 aliphatic rings. The molecule has 2 aromatic rings. The van der Waals surface area contributed by atoms with Crippen LogP contribution in [0.25, 0.3) is 0 Å². The maximum Gasteiger partial charge on any atom is 0.121 e. The van der Waals surface area contributed by atoms with E-state index < -0.39 is 0 Å². The number of anilines is 1.